The lowest BCUT2D eigenvalue weighted by molar-refractivity contribution is 0.276. The third-order valence-electron chi connectivity index (χ3n) is 2.82. The molecule has 1 aromatic rings. The van der Waals surface area contributed by atoms with Crippen molar-refractivity contribution in [3.05, 3.63) is 12.0 Å². The standard InChI is InChI=1S/C12H22N2O2/c1-4-6-7-14(10(3)5-2)12-13-11(8-15)9-16-12/h9-10,15H,4-8H2,1-3H3. The van der Waals surface area contributed by atoms with Crippen molar-refractivity contribution in [2.24, 2.45) is 0 Å². The van der Waals surface area contributed by atoms with Crippen molar-refractivity contribution in [3.8, 4) is 0 Å². The first-order valence-corrected chi connectivity index (χ1v) is 6.04. The second kappa shape index (κ2) is 6.53. The fourth-order valence-electron chi connectivity index (χ4n) is 1.55. The van der Waals surface area contributed by atoms with E-state index in [4.69, 9.17) is 9.52 Å². The van der Waals surface area contributed by atoms with Crippen LogP contribution in [0, 0.1) is 0 Å². The van der Waals surface area contributed by atoms with Crippen LogP contribution < -0.4 is 4.90 Å². The van der Waals surface area contributed by atoms with Gasteiger partial charge in [-0.3, -0.25) is 0 Å². The molecule has 1 aromatic heterocycles. The van der Waals surface area contributed by atoms with Gasteiger partial charge in [0.2, 0.25) is 0 Å². The first kappa shape index (κ1) is 13.0. The number of nitrogens with zero attached hydrogens (tertiary/aromatic N) is 2. The van der Waals surface area contributed by atoms with Gasteiger partial charge < -0.3 is 14.4 Å². The van der Waals surface area contributed by atoms with Crippen molar-refractivity contribution in [3.63, 3.8) is 0 Å². The zero-order chi connectivity index (χ0) is 12.0. The number of aromatic nitrogens is 1. The predicted octanol–water partition coefficient (Wildman–Crippen LogP) is 2.57. The largest absolute Gasteiger partial charge is 0.432 e. The third kappa shape index (κ3) is 3.23. The van der Waals surface area contributed by atoms with Crippen LogP contribution in [-0.2, 0) is 6.61 Å². The lowest BCUT2D eigenvalue weighted by atomic mass is 10.2. The normalized spacial score (nSPS) is 12.8. The molecule has 0 aliphatic heterocycles. The minimum atomic E-state index is -0.0639. The van der Waals surface area contributed by atoms with E-state index in [1.165, 1.54) is 6.26 Å². The summed E-state index contributed by atoms with van der Waals surface area (Å²) in [6.07, 6.45) is 4.86. The van der Waals surface area contributed by atoms with E-state index in [2.05, 4.69) is 30.7 Å². The van der Waals surface area contributed by atoms with Crippen LogP contribution in [0.4, 0.5) is 6.01 Å². The molecule has 4 nitrogen and oxygen atoms in total. The molecule has 0 aliphatic carbocycles. The Morgan fingerprint density at radius 1 is 1.50 bits per heavy atom. The summed E-state index contributed by atoms with van der Waals surface area (Å²) in [7, 11) is 0. The Labute approximate surface area is 97.3 Å². The SMILES string of the molecule is CCCCN(c1nc(CO)co1)C(C)CC. The minimum absolute atomic E-state index is 0.0639. The number of anilines is 1. The Morgan fingerprint density at radius 3 is 2.75 bits per heavy atom. The molecule has 0 fully saturated rings. The van der Waals surface area contributed by atoms with Crippen LogP contribution in [0.3, 0.4) is 0 Å². The maximum absolute atomic E-state index is 8.96. The minimum Gasteiger partial charge on any atom is -0.432 e. The molecule has 1 heterocycles. The van der Waals surface area contributed by atoms with E-state index in [1.54, 1.807) is 0 Å². The fourth-order valence-corrected chi connectivity index (χ4v) is 1.55. The van der Waals surface area contributed by atoms with Crippen molar-refractivity contribution in [1.82, 2.24) is 4.98 Å². The van der Waals surface area contributed by atoms with Crippen LogP contribution in [0.5, 0.6) is 0 Å². The summed E-state index contributed by atoms with van der Waals surface area (Å²) >= 11 is 0. The lowest BCUT2D eigenvalue weighted by Gasteiger charge is -2.26. The summed E-state index contributed by atoms with van der Waals surface area (Å²) in [6.45, 7) is 7.38. The summed E-state index contributed by atoms with van der Waals surface area (Å²) < 4.78 is 5.39. The van der Waals surface area contributed by atoms with E-state index in [-0.39, 0.29) is 6.61 Å². The first-order chi connectivity index (χ1) is 7.72. The second-order valence-electron chi connectivity index (χ2n) is 4.08. The number of hydrogen-bond acceptors (Lipinski definition) is 4. The van der Waals surface area contributed by atoms with Crippen LogP contribution >= 0.6 is 0 Å². The summed E-state index contributed by atoms with van der Waals surface area (Å²) in [5.74, 6) is 0. The number of aliphatic hydroxyl groups is 1. The Bertz CT molecular complexity index is 299. The molecule has 1 rings (SSSR count). The molecular weight excluding hydrogens is 204 g/mol. The maximum Gasteiger partial charge on any atom is 0.297 e. The molecule has 0 aliphatic rings. The van der Waals surface area contributed by atoms with Crippen LogP contribution in [0.1, 0.15) is 45.7 Å². The molecule has 0 saturated heterocycles. The number of aliphatic hydroxyl groups excluding tert-OH is 1. The topological polar surface area (TPSA) is 49.5 Å². The number of unbranched alkanes of at least 4 members (excludes halogenated alkanes) is 1. The quantitative estimate of drug-likeness (QED) is 0.776. The molecule has 0 bridgehead atoms. The zero-order valence-electron chi connectivity index (χ0n) is 10.4. The molecule has 0 spiro atoms. The van der Waals surface area contributed by atoms with Gasteiger partial charge in [0.25, 0.3) is 6.01 Å². The summed E-state index contributed by atoms with van der Waals surface area (Å²) in [5, 5.41) is 8.96. The highest BCUT2D eigenvalue weighted by atomic mass is 16.4. The Balaban J connectivity index is 2.74. The van der Waals surface area contributed by atoms with Gasteiger partial charge >= 0.3 is 0 Å². The van der Waals surface area contributed by atoms with E-state index in [0.717, 1.165) is 25.8 Å². The van der Waals surface area contributed by atoms with Crippen LogP contribution in [0.15, 0.2) is 10.7 Å². The molecule has 0 amide bonds. The molecule has 1 N–H and O–H groups in total. The average molecular weight is 226 g/mol. The van der Waals surface area contributed by atoms with Gasteiger partial charge in [-0.2, -0.15) is 4.98 Å². The lowest BCUT2D eigenvalue weighted by Crippen LogP contribution is -2.33. The van der Waals surface area contributed by atoms with Crippen molar-refractivity contribution >= 4 is 6.01 Å². The van der Waals surface area contributed by atoms with Crippen LogP contribution in [0.25, 0.3) is 0 Å². The van der Waals surface area contributed by atoms with Gasteiger partial charge in [0.1, 0.15) is 12.0 Å². The van der Waals surface area contributed by atoms with Gasteiger partial charge in [-0.15, -0.1) is 0 Å². The Hall–Kier alpha value is -1.03. The van der Waals surface area contributed by atoms with E-state index >= 15 is 0 Å². The molecular formula is C12H22N2O2. The second-order valence-corrected chi connectivity index (χ2v) is 4.08. The monoisotopic (exact) mass is 226 g/mol. The molecule has 0 radical (unpaired) electrons. The van der Waals surface area contributed by atoms with E-state index in [1.807, 2.05) is 0 Å². The molecule has 1 atom stereocenters. The molecule has 92 valence electrons. The van der Waals surface area contributed by atoms with Gasteiger partial charge in [0.05, 0.1) is 6.61 Å². The van der Waals surface area contributed by atoms with E-state index in [0.29, 0.717) is 17.8 Å². The average Bonchev–Trinajstić information content (AvgIpc) is 2.77. The highest BCUT2D eigenvalue weighted by Crippen LogP contribution is 2.18. The summed E-state index contributed by atoms with van der Waals surface area (Å²) in [5.41, 5.74) is 0.597. The molecule has 1 unspecified atom stereocenters. The van der Waals surface area contributed by atoms with Gasteiger partial charge in [-0.05, 0) is 19.8 Å². The molecule has 0 aromatic carbocycles. The van der Waals surface area contributed by atoms with Crippen molar-refractivity contribution < 1.29 is 9.52 Å². The fraction of sp³-hybridized carbons (Fsp3) is 0.750. The molecule has 16 heavy (non-hydrogen) atoms. The van der Waals surface area contributed by atoms with Gasteiger partial charge in [0.15, 0.2) is 0 Å². The molecule has 0 saturated carbocycles. The highest BCUT2D eigenvalue weighted by molar-refractivity contribution is 5.28. The summed E-state index contributed by atoms with van der Waals surface area (Å²) in [6, 6.07) is 1.04. The Morgan fingerprint density at radius 2 is 2.25 bits per heavy atom. The first-order valence-electron chi connectivity index (χ1n) is 6.04. The number of hydrogen-bond donors (Lipinski definition) is 1. The van der Waals surface area contributed by atoms with Gasteiger partial charge in [0, 0.05) is 12.6 Å². The van der Waals surface area contributed by atoms with Crippen molar-refractivity contribution in [2.45, 2.75) is 52.7 Å². The van der Waals surface area contributed by atoms with E-state index < -0.39 is 0 Å². The summed E-state index contributed by atoms with van der Waals surface area (Å²) in [4.78, 5) is 6.43. The smallest absolute Gasteiger partial charge is 0.297 e. The predicted molar refractivity (Wildman–Crippen MR) is 64.4 cm³/mol. The zero-order valence-corrected chi connectivity index (χ0v) is 10.4. The van der Waals surface area contributed by atoms with Gasteiger partial charge in [-0.25, -0.2) is 0 Å². The number of oxazole rings is 1. The van der Waals surface area contributed by atoms with E-state index in [9.17, 15) is 0 Å². The maximum atomic E-state index is 8.96. The highest BCUT2D eigenvalue weighted by Gasteiger charge is 2.17. The third-order valence-corrected chi connectivity index (χ3v) is 2.82. The molecule has 4 heteroatoms. The van der Waals surface area contributed by atoms with Crippen molar-refractivity contribution in [1.29, 1.82) is 0 Å². The van der Waals surface area contributed by atoms with Gasteiger partial charge in [-0.1, -0.05) is 20.3 Å². The number of rotatable bonds is 7. The van der Waals surface area contributed by atoms with Crippen molar-refractivity contribution in [2.75, 3.05) is 11.4 Å². The Kier molecular flexibility index (Phi) is 5.32. The van der Waals surface area contributed by atoms with Crippen LogP contribution in [0.2, 0.25) is 0 Å². The van der Waals surface area contributed by atoms with Crippen LogP contribution in [-0.4, -0.2) is 22.7 Å².